The van der Waals surface area contributed by atoms with Crippen LogP contribution in [0.3, 0.4) is 0 Å². The lowest BCUT2D eigenvalue weighted by molar-refractivity contribution is -0.139. The predicted molar refractivity (Wildman–Crippen MR) is 56.1 cm³/mol. The molecule has 0 spiro atoms. The van der Waals surface area contributed by atoms with Crippen LogP contribution in [-0.2, 0) is 14.3 Å². The maximum absolute atomic E-state index is 12.0. The monoisotopic (exact) mass is 210 g/mol. The summed E-state index contributed by atoms with van der Waals surface area (Å²) in [6.07, 6.45) is 0.662. The number of carbonyl (C=O) groups is 1. The van der Waals surface area contributed by atoms with E-state index in [-0.39, 0.29) is 17.3 Å². The lowest BCUT2D eigenvalue weighted by Gasteiger charge is -2.30. The molecule has 3 heteroatoms. The summed E-state index contributed by atoms with van der Waals surface area (Å²) in [6.45, 7) is 9.51. The molecule has 2 rings (SSSR count). The van der Waals surface area contributed by atoms with Gasteiger partial charge in [-0.2, -0.15) is 0 Å². The molecule has 0 radical (unpaired) electrons. The third-order valence-corrected chi connectivity index (χ3v) is 3.09. The van der Waals surface area contributed by atoms with Gasteiger partial charge in [-0.05, 0) is 13.3 Å². The fourth-order valence-electron chi connectivity index (χ4n) is 2.38. The normalized spacial score (nSPS) is 32.6. The van der Waals surface area contributed by atoms with Crippen LogP contribution in [0.2, 0.25) is 0 Å². The average molecular weight is 210 g/mol. The number of hydrogen-bond acceptors (Lipinski definition) is 3. The van der Waals surface area contributed by atoms with Crippen LogP contribution in [0.1, 0.15) is 41.0 Å². The van der Waals surface area contributed by atoms with Gasteiger partial charge in [-0.3, -0.25) is 4.79 Å². The van der Waals surface area contributed by atoms with Crippen molar-refractivity contribution in [3.8, 4) is 0 Å². The Kier molecular flexibility index (Phi) is 2.03. The molecule has 0 aromatic rings. The molecule has 3 nitrogen and oxygen atoms in total. The van der Waals surface area contributed by atoms with Crippen LogP contribution < -0.4 is 0 Å². The number of carbonyl (C=O) groups excluding carboxylic acids is 1. The largest absolute Gasteiger partial charge is 0.464 e. The first-order valence-electron chi connectivity index (χ1n) is 5.35. The first-order valence-corrected chi connectivity index (χ1v) is 5.35. The summed E-state index contributed by atoms with van der Waals surface area (Å²) in [5.41, 5.74) is 0.393. The van der Waals surface area contributed by atoms with Crippen molar-refractivity contribution < 1.29 is 14.3 Å². The quantitative estimate of drug-likeness (QED) is 0.616. The van der Waals surface area contributed by atoms with Crippen LogP contribution in [0.4, 0.5) is 0 Å². The van der Waals surface area contributed by atoms with Crippen molar-refractivity contribution in [1.82, 2.24) is 0 Å². The van der Waals surface area contributed by atoms with E-state index in [1.807, 2.05) is 34.6 Å². The molecule has 0 unspecified atom stereocenters. The van der Waals surface area contributed by atoms with Crippen molar-refractivity contribution >= 4 is 5.78 Å². The van der Waals surface area contributed by atoms with E-state index < -0.39 is 5.79 Å². The van der Waals surface area contributed by atoms with Crippen molar-refractivity contribution in [3.63, 3.8) is 0 Å². The lowest BCUT2D eigenvalue weighted by atomic mass is 9.74. The van der Waals surface area contributed by atoms with E-state index >= 15 is 0 Å². The third kappa shape index (κ3) is 1.59. The van der Waals surface area contributed by atoms with E-state index in [9.17, 15) is 4.79 Å². The second-order valence-electron chi connectivity index (χ2n) is 5.51. The molecule has 0 aromatic heterocycles. The lowest BCUT2D eigenvalue weighted by Crippen LogP contribution is -2.36. The van der Waals surface area contributed by atoms with Crippen LogP contribution in [0, 0.1) is 5.41 Å². The smallest absolute Gasteiger partial charge is 0.205 e. The molecule has 15 heavy (non-hydrogen) atoms. The van der Waals surface area contributed by atoms with Gasteiger partial charge in [0.2, 0.25) is 5.79 Å². The van der Waals surface area contributed by atoms with Gasteiger partial charge in [0.25, 0.3) is 0 Å². The van der Waals surface area contributed by atoms with Crippen molar-refractivity contribution in [1.29, 1.82) is 0 Å². The minimum Gasteiger partial charge on any atom is -0.464 e. The maximum atomic E-state index is 12.0. The van der Waals surface area contributed by atoms with Crippen LogP contribution in [0.5, 0.6) is 0 Å². The minimum atomic E-state index is -0.595. The van der Waals surface area contributed by atoms with Gasteiger partial charge in [-0.1, -0.05) is 13.8 Å². The van der Waals surface area contributed by atoms with Crippen molar-refractivity contribution in [2.75, 3.05) is 0 Å². The summed E-state index contributed by atoms with van der Waals surface area (Å²) < 4.78 is 11.4. The number of ketones is 1. The number of allylic oxidation sites excluding steroid dienone is 1. The van der Waals surface area contributed by atoms with Crippen molar-refractivity contribution in [3.05, 3.63) is 11.3 Å². The highest BCUT2D eigenvalue weighted by atomic mass is 16.7. The topological polar surface area (TPSA) is 35.5 Å². The SMILES string of the molecule is CC1=C2OC(C)(C)O[C@@H]2CC(C)(C)C1=O. The molecule has 0 N–H and O–H groups in total. The second kappa shape index (κ2) is 2.85. The van der Waals surface area contributed by atoms with Crippen LogP contribution in [0.25, 0.3) is 0 Å². The zero-order valence-electron chi connectivity index (χ0n) is 10.0. The molecule has 1 atom stereocenters. The van der Waals surface area contributed by atoms with E-state index in [4.69, 9.17) is 9.47 Å². The molecule has 2 aliphatic rings. The fourth-order valence-corrected chi connectivity index (χ4v) is 2.38. The van der Waals surface area contributed by atoms with Gasteiger partial charge in [0.15, 0.2) is 5.78 Å². The number of hydrogen-bond donors (Lipinski definition) is 0. The van der Waals surface area contributed by atoms with Crippen LogP contribution in [-0.4, -0.2) is 17.7 Å². The van der Waals surface area contributed by atoms with E-state index in [2.05, 4.69) is 0 Å². The summed E-state index contributed by atoms with van der Waals surface area (Å²) in [5, 5.41) is 0. The molecule has 0 bridgehead atoms. The minimum absolute atomic E-state index is 0.0484. The van der Waals surface area contributed by atoms with Gasteiger partial charge in [0.1, 0.15) is 11.9 Å². The standard InChI is InChI=1S/C12H18O3/c1-7-9-8(14-12(4,5)15-9)6-11(2,3)10(7)13/h8H,6H2,1-5H3/t8-/m1/s1. The third-order valence-electron chi connectivity index (χ3n) is 3.09. The summed E-state index contributed by atoms with van der Waals surface area (Å²) in [4.78, 5) is 12.0. The molecule has 1 fully saturated rings. The number of fused-ring (bicyclic) bond motifs is 1. The van der Waals surface area contributed by atoms with Crippen molar-refractivity contribution in [2.24, 2.45) is 5.41 Å². The molecule has 84 valence electrons. The van der Waals surface area contributed by atoms with Gasteiger partial charge in [-0.15, -0.1) is 0 Å². The zero-order valence-corrected chi connectivity index (χ0v) is 10.0. The highest BCUT2D eigenvalue weighted by Crippen LogP contribution is 2.44. The Morgan fingerprint density at radius 2 is 1.87 bits per heavy atom. The van der Waals surface area contributed by atoms with Crippen LogP contribution in [0.15, 0.2) is 11.3 Å². The van der Waals surface area contributed by atoms with Gasteiger partial charge >= 0.3 is 0 Å². The molecular formula is C12H18O3. The maximum Gasteiger partial charge on any atom is 0.205 e. The summed E-state index contributed by atoms with van der Waals surface area (Å²) >= 11 is 0. The van der Waals surface area contributed by atoms with Crippen LogP contribution >= 0.6 is 0 Å². The molecule has 0 aromatic carbocycles. The Hall–Kier alpha value is -0.830. The highest BCUT2D eigenvalue weighted by Gasteiger charge is 2.48. The Labute approximate surface area is 90.4 Å². The fraction of sp³-hybridized carbons (Fsp3) is 0.750. The Morgan fingerprint density at radius 1 is 1.27 bits per heavy atom. The van der Waals surface area contributed by atoms with Gasteiger partial charge in [0, 0.05) is 24.8 Å². The zero-order chi connectivity index (χ0) is 11.4. The molecule has 1 saturated heterocycles. The summed E-state index contributed by atoms with van der Waals surface area (Å²) in [7, 11) is 0. The van der Waals surface area contributed by atoms with E-state index in [0.717, 1.165) is 11.3 Å². The predicted octanol–water partition coefficient (Wildman–Crippen LogP) is 2.41. The van der Waals surface area contributed by atoms with Gasteiger partial charge in [-0.25, -0.2) is 0 Å². The molecule has 1 aliphatic carbocycles. The van der Waals surface area contributed by atoms with E-state index in [0.29, 0.717) is 6.42 Å². The van der Waals surface area contributed by atoms with Crippen molar-refractivity contribution in [2.45, 2.75) is 52.9 Å². The Bertz CT molecular complexity index is 350. The van der Waals surface area contributed by atoms with E-state index in [1.54, 1.807) is 0 Å². The Morgan fingerprint density at radius 3 is 2.47 bits per heavy atom. The molecular weight excluding hydrogens is 192 g/mol. The van der Waals surface area contributed by atoms with Gasteiger partial charge in [0.05, 0.1) is 0 Å². The highest BCUT2D eigenvalue weighted by molar-refractivity contribution is 6.00. The number of Topliss-reactive ketones (excluding diaryl/α,β-unsaturated/α-hetero) is 1. The first-order chi connectivity index (χ1) is 6.73. The number of rotatable bonds is 0. The molecule has 0 amide bonds. The van der Waals surface area contributed by atoms with E-state index in [1.165, 1.54) is 0 Å². The number of ether oxygens (including phenoxy) is 2. The molecule has 1 aliphatic heterocycles. The molecule has 0 saturated carbocycles. The summed E-state index contributed by atoms with van der Waals surface area (Å²) in [5.74, 6) is 0.321. The molecule has 1 heterocycles. The Balaban J connectivity index is 2.42. The average Bonchev–Trinajstić information content (AvgIpc) is 2.36. The summed E-state index contributed by atoms with van der Waals surface area (Å²) in [6, 6.07) is 0. The van der Waals surface area contributed by atoms with Gasteiger partial charge < -0.3 is 9.47 Å². The second-order valence-corrected chi connectivity index (χ2v) is 5.51. The first kappa shape index (κ1) is 10.7.